The Morgan fingerprint density at radius 2 is 1.82 bits per heavy atom. The normalized spacial score (nSPS) is 21.1. The van der Waals surface area contributed by atoms with Gasteiger partial charge in [0.05, 0.1) is 6.10 Å². The van der Waals surface area contributed by atoms with Crippen LogP contribution in [-0.4, -0.2) is 41.1 Å². The van der Waals surface area contributed by atoms with E-state index in [0.29, 0.717) is 25.1 Å². The number of nitrogens with two attached hydrogens (primary N) is 1. The number of likely N-dealkylation sites (tertiary alicyclic amines) is 1. The van der Waals surface area contributed by atoms with E-state index in [9.17, 15) is 9.90 Å². The SMILES string of the molecule is NC[C@H]1C[C@@H](O)CN1C(=O)c1ccccc1-c1ccccc1. The summed E-state index contributed by atoms with van der Waals surface area (Å²) >= 11 is 0. The van der Waals surface area contributed by atoms with Crippen LogP contribution in [0.3, 0.4) is 0 Å². The fourth-order valence-electron chi connectivity index (χ4n) is 3.06. The van der Waals surface area contributed by atoms with Crippen molar-refractivity contribution in [3.63, 3.8) is 0 Å². The number of β-amino-alcohol motifs (C(OH)–C–C–N with tert-alkyl or cyclic N) is 1. The minimum Gasteiger partial charge on any atom is -0.391 e. The summed E-state index contributed by atoms with van der Waals surface area (Å²) in [7, 11) is 0. The quantitative estimate of drug-likeness (QED) is 0.909. The van der Waals surface area contributed by atoms with E-state index in [0.717, 1.165) is 11.1 Å². The lowest BCUT2D eigenvalue weighted by atomic mass is 9.98. The summed E-state index contributed by atoms with van der Waals surface area (Å²) in [5, 5.41) is 9.83. The molecule has 1 heterocycles. The third-order valence-electron chi connectivity index (χ3n) is 4.17. The summed E-state index contributed by atoms with van der Waals surface area (Å²) in [6.07, 6.45) is 0.0665. The van der Waals surface area contributed by atoms with Gasteiger partial charge in [-0.3, -0.25) is 4.79 Å². The fourth-order valence-corrected chi connectivity index (χ4v) is 3.06. The zero-order chi connectivity index (χ0) is 15.5. The van der Waals surface area contributed by atoms with Crippen molar-refractivity contribution in [3.8, 4) is 11.1 Å². The monoisotopic (exact) mass is 296 g/mol. The van der Waals surface area contributed by atoms with Crippen molar-refractivity contribution in [1.29, 1.82) is 0 Å². The molecule has 4 heteroatoms. The average molecular weight is 296 g/mol. The highest BCUT2D eigenvalue weighted by Gasteiger charge is 2.34. The summed E-state index contributed by atoms with van der Waals surface area (Å²) in [5.41, 5.74) is 8.32. The summed E-state index contributed by atoms with van der Waals surface area (Å²) < 4.78 is 0. The van der Waals surface area contributed by atoms with Crippen molar-refractivity contribution < 1.29 is 9.90 Å². The van der Waals surface area contributed by atoms with Crippen LogP contribution in [-0.2, 0) is 0 Å². The van der Waals surface area contributed by atoms with Crippen molar-refractivity contribution in [2.75, 3.05) is 13.1 Å². The van der Waals surface area contributed by atoms with Crippen LogP contribution in [0.1, 0.15) is 16.8 Å². The first kappa shape index (κ1) is 14.8. The Morgan fingerprint density at radius 1 is 1.14 bits per heavy atom. The molecular weight excluding hydrogens is 276 g/mol. The third-order valence-corrected chi connectivity index (χ3v) is 4.17. The molecule has 0 radical (unpaired) electrons. The van der Waals surface area contributed by atoms with Crippen LogP contribution in [0.15, 0.2) is 54.6 Å². The number of benzene rings is 2. The molecule has 0 aromatic heterocycles. The largest absolute Gasteiger partial charge is 0.391 e. The topological polar surface area (TPSA) is 66.6 Å². The lowest BCUT2D eigenvalue weighted by molar-refractivity contribution is 0.0721. The van der Waals surface area contributed by atoms with Crippen molar-refractivity contribution in [1.82, 2.24) is 4.90 Å². The van der Waals surface area contributed by atoms with Crippen LogP contribution >= 0.6 is 0 Å². The van der Waals surface area contributed by atoms with E-state index >= 15 is 0 Å². The van der Waals surface area contributed by atoms with Gasteiger partial charge in [-0.2, -0.15) is 0 Å². The first-order chi connectivity index (χ1) is 10.7. The first-order valence-electron chi connectivity index (χ1n) is 7.54. The van der Waals surface area contributed by atoms with E-state index in [1.807, 2.05) is 54.6 Å². The highest BCUT2D eigenvalue weighted by atomic mass is 16.3. The van der Waals surface area contributed by atoms with Crippen molar-refractivity contribution in [3.05, 3.63) is 60.2 Å². The lowest BCUT2D eigenvalue weighted by Gasteiger charge is -2.24. The molecule has 1 saturated heterocycles. The number of carbonyl (C=O) groups is 1. The molecule has 2 atom stereocenters. The number of aliphatic hydroxyl groups excluding tert-OH is 1. The number of carbonyl (C=O) groups excluding carboxylic acids is 1. The molecule has 1 fully saturated rings. The minimum atomic E-state index is -0.485. The predicted molar refractivity (Wildman–Crippen MR) is 86.4 cm³/mol. The molecule has 1 aliphatic rings. The second kappa shape index (κ2) is 6.30. The molecule has 0 bridgehead atoms. The highest BCUT2D eigenvalue weighted by Crippen LogP contribution is 2.27. The fraction of sp³-hybridized carbons (Fsp3) is 0.278. The maximum Gasteiger partial charge on any atom is 0.254 e. The Morgan fingerprint density at radius 3 is 2.55 bits per heavy atom. The van der Waals surface area contributed by atoms with Crippen LogP contribution in [0, 0.1) is 0 Å². The number of hydrogen-bond acceptors (Lipinski definition) is 3. The predicted octanol–water partition coefficient (Wildman–Crippen LogP) is 1.89. The summed E-state index contributed by atoms with van der Waals surface area (Å²) in [6.45, 7) is 0.722. The molecule has 3 rings (SSSR count). The van der Waals surface area contributed by atoms with E-state index in [1.54, 1.807) is 4.90 Å². The van der Waals surface area contributed by atoms with E-state index in [1.165, 1.54) is 0 Å². The first-order valence-corrected chi connectivity index (χ1v) is 7.54. The zero-order valence-electron chi connectivity index (χ0n) is 12.4. The number of aliphatic hydroxyl groups is 1. The van der Waals surface area contributed by atoms with Crippen LogP contribution in [0.2, 0.25) is 0 Å². The molecule has 4 nitrogen and oxygen atoms in total. The standard InChI is InChI=1S/C18H20N2O2/c19-11-14-10-15(21)12-20(14)18(22)17-9-5-4-8-16(17)13-6-2-1-3-7-13/h1-9,14-15,21H,10-12,19H2/t14-,15-/m1/s1. The molecule has 3 N–H and O–H groups in total. The Kier molecular flexibility index (Phi) is 4.22. The van der Waals surface area contributed by atoms with E-state index in [4.69, 9.17) is 5.73 Å². The van der Waals surface area contributed by atoms with Crippen LogP contribution in [0.5, 0.6) is 0 Å². The molecular formula is C18H20N2O2. The zero-order valence-corrected chi connectivity index (χ0v) is 12.4. The van der Waals surface area contributed by atoms with Gasteiger partial charge in [-0.25, -0.2) is 0 Å². The van der Waals surface area contributed by atoms with Gasteiger partial charge in [-0.15, -0.1) is 0 Å². The number of hydrogen-bond donors (Lipinski definition) is 2. The Hall–Kier alpha value is -2.17. The van der Waals surface area contributed by atoms with E-state index in [2.05, 4.69) is 0 Å². The molecule has 0 spiro atoms. The molecule has 22 heavy (non-hydrogen) atoms. The van der Waals surface area contributed by atoms with Crippen LogP contribution in [0.25, 0.3) is 11.1 Å². The van der Waals surface area contributed by atoms with Gasteiger partial charge in [-0.1, -0.05) is 48.5 Å². The molecule has 2 aromatic carbocycles. The minimum absolute atomic E-state index is 0.0635. The van der Waals surface area contributed by atoms with Gasteiger partial charge in [0.1, 0.15) is 0 Å². The summed E-state index contributed by atoms with van der Waals surface area (Å²) in [4.78, 5) is 14.6. The third kappa shape index (κ3) is 2.75. The van der Waals surface area contributed by atoms with E-state index < -0.39 is 6.10 Å². The number of nitrogens with zero attached hydrogens (tertiary/aromatic N) is 1. The maximum atomic E-state index is 12.9. The second-order valence-electron chi connectivity index (χ2n) is 5.65. The Balaban J connectivity index is 1.97. The van der Waals surface area contributed by atoms with Crippen molar-refractivity contribution >= 4 is 5.91 Å². The average Bonchev–Trinajstić information content (AvgIpc) is 2.96. The van der Waals surface area contributed by atoms with E-state index in [-0.39, 0.29) is 11.9 Å². The van der Waals surface area contributed by atoms with Gasteiger partial charge in [0.15, 0.2) is 0 Å². The van der Waals surface area contributed by atoms with Crippen molar-refractivity contribution in [2.45, 2.75) is 18.6 Å². The smallest absolute Gasteiger partial charge is 0.254 e. The molecule has 0 aliphatic carbocycles. The van der Waals surface area contributed by atoms with Gasteiger partial charge < -0.3 is 15.7 Å². The molecule has 0 saturated carbocycles. The van der Waals surface area contributed by atoms with Gasteiger partial charge >= 0.3 is 0 Å². The van der Waals surface area contributed by atoms with Crippen LogP contribution in [0.4, 0.5) is 0 Å². The van der Waals surface area contributed by atoms with Gasteiger partial charge in [0.25, 0.3) is 5.91 Å². The lowest BCUT2D eigenvalue weighted by Crippen LogP contribution is -2.40. The highest BCUT2D eigenvalue weighted by molar-refractivity contribution is 6.01. The number of rotatable bonds is 3. The van der Waals surface area contributed by atoms with Crippen LogP contribution < -0.4 is 5.73 Å². The Bertz CT molecular complexity index is 657. The second-order valence-corrected chi connectivity index (χ2v) is 5.65. The Labute approximate surface area is 130 Å². The molecule has 1 amide bonds. The summed E-state index contributed by atoms with van der Waals surface area (Å²) in [6, 6.07) is 17.3. The molecule has 0 unspecified atom stereocenters. The van der Waals surface area contributed by atoms with Gasteiger partial charge in [0, 0.05) is 24.7 Å². The van der Waals surface area contributed by atoms with Gasteiger partial charge in [-0.05, 0) is 23.6 Å². The molecule has 1 aliphatic heterocycles. The number of amides is 1. The van der Waals surface area contributed by atoms with Crippen molar-refractivity contribution in [2.24, 2.45) is 5.73 Å². The van der Waals surface area contributed by atoms with Gasteiger partial charge in [0.2, 0.25) is 0 Å². The summed E-state index contributed by atoms with van der Waals surface area (Å²) in [5.74, 6) is -0.0635. The molecule has 2 aromatic rings. The molecule has 114 valence electrons. The maximum absolute atomic E-state index is 12.9.